The molecule has 0 radical (unpaired) electrons. The van der Waals surface area contributed by atoms with E-state index in [2.05, 4.69) is 16.0 Å². The monoisotopic (exact) mass is 331 g/mol. The van der Waals surface area contributed by atoms with Crippen molar-refractivity contribution in [2.24, 2.45) is 5.92 Å². The van der Waals surface area contributed by atoms with E-state index >= 15 is 0 Å². The van der Waals surface area contributed by atoms with Gasteiger partial charge >= 0.3 is 5.97 Å². The summed E-state index contributed by atoms with van der Waals surface area (Å²) in [6, 6.07) is 6.08. The lowest BCUT2D eigenvalue weighted by molar-refractivity contribution is -0.142. The number of carbonyl (C=O) groups is 3. The Morgan fingerprint density at radius 3 is 2.83 bits per heavy atom. The van der Waals surface area contributed by atoms with Crippen molar-refractivity contribution >= 4 is 17.8 Å². The number of benzene rings is 1. The van der Waals surface area contributed by atoms with E-state index in [9.17, 15) is 19.5 Å². The highest BCUT2D eigenvalue weighted by Gasteiger charge is 2.32. The number of hydrogen-bond acceptors (Lipinski definition) is 4. The number of amides is 2. The van der Waals surface area contributed by atoms with Gasteiger partial charge in [-0.3, -0.25) is 14.9 Å². The number of nitrogens with one attached hydrogen (secondary N) is 3. The first-order valence-corrected chi connectivity index (χ1v) is 8.18. The van der Waals surface area contributed by atoms with Crippen molar-refractivity contribution in [3.8, 4) is 0 Å². The molecule has 4 N–H and O–H groups in total. The molecule has 3 atom stereocenters. The Hall–Kier alpha value is -2.41. The fourth-order valence-electron chi connectivity index (χ4n) is 3.33. The number of aliphatic carboxylic acids is 1. The summed E-state index contributed by atoms with van der Waals surface area (Å²) in [6.45, 7) is 1.23. The molecule has 24 heavy (non-hydrogen) atoms. The minimum absolute atomic E-state index is 0.0307. The zero-order chi connectivity index (χ0) is 17.1. The van der Waals surface area contributed by atoms with Crippen molar-refractivity contribution in [2.45, 2.75) is 37.9 Å². The SMILES string of the molecule is O=C(N[C@@H](CC[C@H]1CCNC1=O)C(=O)O)C1NCc2ccccc21. The third kappa shape index (κ3) is 3.41. The standard InChI is InChI=1S/C17H21N3O4/c21-15-10(7-8-18-15)5-6-13(17(23)24)20-16(22)14-12-4-2-1-3-11(12)9-19-14/h1-4,10,13-14,19H,5-9H2,(H,18,21)(H,20,22)(H,23,24)/t10-,13-,14?/m0/s1. The highest BCUT2D eigenvalue weighted by molar-refractivity contribution is 5.88. The van der Waals surface area contributed by atoms with Crippen molar-refractivity contribution in [1.29, 1.82) is 0 Å². The van der Waals surface area contributed by atoms with E-state index in [-0.39, 0.29) is 24.2 Å². The Labute approximate surface area is 139 Å². The van der Waals surface area contributed by atoms with Crippen LogP contribution < -0.4 is 16.0 Å². The molecule has 0 aliphatic carbocycles. The molecular weight excluding hydrogens is 310 g/mol. The summed E-state index contributed by atoms with van der Waals surface area (Å²) in [5.74, 6) is -1.61. The topological polar surface area (TPSA) is 108 Å². The molecule has 1 saturated heterocycles. The molecule has 1 fully saturated rings. The second-order valence-corrected chi connectivity index (χ2v) is 6.27. The quantitative estimate of drug-likeness (QED) is 0.600. The fourth-order valence-corrected chi connectivity index (χ4v) is 3.33. The predicted octanol–water partition coefficient (Wildman–Crippen LogP) is 0.317. The maximum absolute atomic E-state index is 12.5. The zero-order valence-corrected chi connectivity index (χ0v) is 13.2. The van der Waals surface area contributed by atoms with Gasteiger partial charge in [-0.2, -0.15) is 0 Å². The Kier molecular flexibility index (Phi) is 4.80. The molecule has 0 saturated carbocycles. The van der Waals surface area contributed by atoms with E-state index in [1.54, 1.807) is 0 Å². The van der Waals surface area contributed by atoms with Crippen LogP contribution in [0.3, 0.4) is 0 Å². The highest BCUT2D eigenvalue weighted by Crippen LogP contribution is 2.25. The molecular formula is C17H21N3O4. The van der Waals surface area contributed by atoms with E-state index in [1.165, 1.54) is 0 Å². The van der Waals surface area contributed by atoms with E-state index in [4.69, 9.17) is 0 Å². The average Bonchev–Trinajstić information content (AvgIpc) is 3.17. The molecule has 0 spiro atoms. The fraction of sp³-hybridized carbons (Fsp3) is 0.471. The van der Waals surface area contributed by atoms with Gasteiger partial charge in [-0.05, 0) is 30.4 Å². The van der Waals surface area contributed by atoms with Crippen LogP contribution in [0.25, 0.3) is 0 Å². The summed E-state index contributed by atoms with van der Waals surface area (Å²) in [6.07, 6.45) is 1.42. The second kappa shape index (κ2) is 7.00. The van der Waals surface area contributed by atoms with Gasteiger partial charge in [-0.25, -0.2) is 4.79 Å². The largest absolute Gasteiger partial charge is 0.480 e. The maximum Gasteiger partial charge on any atom is 0.326 e. The molecule has 3 rings (SSSR count). The molecule has 0 aromatic heterocycles. The number of carbonyl (C=O) groups excluding carboxylic acids is 2. The lowest BCUT2D eigenvalue weighted by Gasteiger charge is -2.19. The zero-order valence-electron chi connectivity index (χ0n) is 13.2. The molecule has 2 heterocycles. The van der Waals surface area contributed by atoms with E-state index < -0.39 is 18.1 Å². The highest BCUT2D eigenvalue weighted by atomic mass is 16.4. The van der Waals surface area contributed by atoms with Gasteiger partial charge in [0.05, 0.1) is 0 Å². The van der Waals surface area contributed by atoms with Crippen LogP contribution in [0.4, 0.5) is 0 Å². The van der Waals surface area contributed by atoms with Crippen LogP contribution in [0.2, 0.25) is 0 Å². The number of carboxylic acids is 1. The van der Waals surface area contributed by atoms with E-state index in [1.807, 2.05) is 24.3 Å². The number of rotatable bonds is 6. The second-order valence-electron chi connectivity index (χ2n) is 6.27. The third-order valence-corrected chi connectivity index (χ3v) is 4.71. The van der Waals surface area contributed by atoms with Gasteiger partial charge in [-0.1, -0.05) is 24.3 Å². The molecule has 2 aliphatic heterocycles. The molecule has 1 aromatic carbocycles. The molecule has 7 heteroatoms. The van der Waals surface area contributed by atoms with Gasteiger partial charge in [0.2, 0.25) is 11.8 Å². The first-order chi connectivity index (χ1) is 11.6. The Morgan fingerprint density at radius 2 is 2.12 bits per heavy atom. The number of fused-ring (bicyclic) bond motifs is 1. The summed E-state index contributed by atoms with van der Waals surface area (Å²) in [5, 5.41) is 17.8. The van der Waals surface area contributed by atoms with E-state index in [0.717, 1.165) is 17.5 Å². The predicted molar refractivity (Wildman–Crippen MR) is 85.9 cm³/mol. The van der Waals surface area contributed by atoms with Crippen molar-refractivity contribution < 1.29 is 19.5 Å². The normalized spacial score (nSPS) is 23.4. The minimum Gasteiger partial charge on any atom is -0.480 e. The summed E-state index contributed by atoms with van der Waals surface area (Å²) in [7, 11) is 0. The van der Waals surface area contributed by atoms with Gasteiger partial charge in [0.15, 0.2) is 0 Å². The Balaban J connectivity index is 1.60. The molecule has 7 nitrogen and oxygen atoms in total. The Bertz CT molecular complexity index is 661. The van der Waals surface area contributed by atoms with Gasteiger partial charge in [0.1, 0.15) is 12.1 Å². The van der Waals surface area contributed by atoms with Crippen molar-refractivity contribution in [3.05, 3.63) is 35.4 Å². The van der Waals surface area contributed by atoms with Crippen LogP contribution in [-0.4, -0.2) is 35.5 Å². The van der Waals surface area contributed by atoms with Crippen molar-refractivity contribution in [2.75, 3.05) is 6.54 Å². The molecule has 128 valence electrons. The van der Waals surface area contributed by atoms with Gasteiger partial charge in [0.25, 0.3) is 0 Å². The minimum atomic E-state index is -1.08. The maximum atomic E-state index is 12.5. The summed E-state index contributed by atoms with van der Waals surface area (Å²) in [4.78, 5) is 35.5. The lowest BCUT2D eigenvalue weighted by atomic mass is 9.98. The third-order valence-electron chi connectivity index (χ3n) is 4.71. The Morgan fingerprint density at radius 1 is 1.33 bits per heavy atom. The summed E-state index contributed by atoms with van der Waals surface area (Å²) >= 11 is 0. The van der Waals surface area contributed by atoms with Gasteiger partial charge in [-0.15, -0.1) is 0 Å². The average molecular weight is 331 g/mol. The lowest BCUT2D eigenvalue weighted by Crippen LogP contribution is -2.45. The van der Waals surface area contributed by atoms with Crippen LogP contribution in [0.5, 0.6) is 0 Å². The van der Waals surface area contributed by atoms with Crippen LogP contribution in [0.1, 0.15) is 36.4 Å². The summed E-state index contributed by atoms with van der Waals surface area (Å²) in [5.41, 5.74) is 1.93. The molecule has 0 bridgehead atoms. The summed E-state index contributed by atoms with van der Waals surface area (Å²) < 4.78 is 0. The molecule has 1 unspecified atom stereocenters. The van der Waals surface area contributed by atoms with Crippen LogP contribution in [-0.2, 0) is 20.9 Å². The van der Waals surface area contributed by atoms with Gasteiger partial charge in [0, 0.05) is 19.0 Å². The van der Waals surface area contributed by atoms with Gasteiger partial charge < -0.3 is 15.7 Å². The first kappa shape index (κ1) is 16.4. The molecule has 1 aromatic rings. The van der Waals surface area contributed by atoms with Crippen molar-refractivity contribution in [1.82, 2.24) is 16.0 Å². The number of hydrogen-bond donors (Lipinski definition) is 4. The van der Waals surface area contributed by atoms with Crippen molar-refractivity contribution in [3.63, 3.8) is 0 Å². The van der Waals surface area contributed by atoms with Crippen LogP contribution >= 0.6 is 0 Å². The smallest absolute Gasteiger partial charge is 0.326 e. The van der Waals surface area contributed by atoms with Crippen LogP contribution in [0, 0.1) is 5.92 Å². The van der Waals surface area contributed by atoms with E-state index in [0.29, 0.717) is 19.5 Å². The number of carboxylic acid groups (broad SMARTS) is 1. The molecule has 2 amide bonds. The van der Waals surface area contributed by atoms with Crippen LogP contribution in [0.15, 0.2) is 24.3 Å². The first-order valence-electron chi connectivity index (χ1n) is 8.18. The molecule has 2 aliphatic rings.